The van der Waals surface area contributed by atoms with E-state index >= 15 is 0 Å². The lowest BCUT2D eigenvalue weighted by Gasteiger charge is -2.10. The topological polar surface area (TPSA) is 37.3 Å². The first-order chi connectivity index (χ1) is 6.57. The Hall–Kier alpha value is -0.830. The third kappa shape index (κ3) is 1.27. The summed E-state index contributed by atoms with van der Waals surface area (Å²) in [5.41, 5.74) is 1.38. The number of carbonyl (C=O) groups is 1. The summed E-state index contributed by atoms with van der Waals surface area (Å²) in [6.07, 6.45) is 0.686. The van der Waals surface area contributed by atoms with Crippen molar-refractivity contribution in [2.75, 3.05) is 0 Å². The summed E-state index contributed by atoms with van der Waals surface area (Å²) in [7, 11) is 0. The average molecular weight is 255 g/mol. The molecule has 74 valence electrons. The maximum absolute atomic E-state index is 11.1. The first kappa shape index (κ1) is 9.71. The van der Waals surface area contributed by atoms with Gasteiger partial charge in [0, 0.05) is 4.83 Å². The van der Waals surface area contributed by atoms with Crippen LogP contribution in [0.25, 0.3) is 0 Å². The summed E-state index contributed by atoms with van der Waals surface area (Å²) in [5, 5.41) is 9.17. The van der Waals surface area contributed by atoms with Crippen LogP contribution < -0.4 is 0 Å². The summed E-state index contributed by atoms with van der Waals surface area (Å²) in [5.74, 6) is -0.733. The largest absolute Gasteiger partial charge is 0.481 e. The van der Waals surface area contributed by atoms with Crippen molar-refractivity contribution in [2.24, 2.45) is 0 Å². The van der Waals surface area contributed by atoms with Gasteiger partial charge in [0.2, 0.25) is 0 Å². The zero-order valence-corrected chi connectivity index (χ0v) is 9.41. The minimum atomic E-state index is -0.733. The highest BCUT2D eigenvalue weighted by Crippen LogP contribution is 2.53. The second-order valence-corrected chi connectivity index (χ2v) is 4.92. The van der Waals surface area contributed by atoms with E-state index in [-0.39, 0.29) is 4.83 Å². The molecule has 1 aliphatic rings. The minimum absolute atomic E-state index is 0.0789. The van der Waals surface area contributed by atoms with Crippen molar-refractivity contribution < 1.29 is 9.90 Å². The lowest BCUT2D eigenvalue weighted by atomic mass is 9.95. The molecule has 2 rings (SSSR count). The van der Waals surface area contributed by atoms with Crippen LogP contribution >= 0.6 is 15.9 Å². The molecular formula is C11H11BrO2. The van der Waals surface area contributed by atoms with Crippen molar-refractivity contribution in [2.45, 2.75) is 23.6 Å². The zero-order chi connectivity index (χ0) is 10.3. The monoisotopic (exact) mass is 254 g/mol. The molecule has 1 aromatic carbocycles. The lowest BCUT2D eigenvalue weighted by molar-refractivity contribution is -0.139. The van der Waals surface area contributed by atoms with E-state index in [1.807, 2.05) is 31.2 Å². The molecule has 14 heavy (non-hydrogen) atoms. The van der Waals surface area contributed by atoms with E-state index in [0.29, 0.717) is 6.42 Å². The van der Waals surface area contributed by atoms with Gasteiger partial charge in [-0.3, -0.25) is 4.79 Å². The second-order valence-electron chi connectivity index (χ2n) is 3.81. The Kier molecular flexibility index (Phi) is 2.14. The van der Waals surface area contributed by atoms with E-state index in [9.17, 15) is 4.79 Å². The number of carboxylic acid groups (broad SMARTS) is 1. The van der Waals surface area contributed by atoms with Gasteiger partial charge in [0.15, 0.2) is 0 Å². The molecule has 0 amide bonds. The van der Waals surface area contributed by atoms with E-state index in [4.69, 9.17) is 5.11 Å². The quantitative estimate of drug-likeness (QED) is 0.824. The van der Waals surface area contributed by atoms with Gasteiger partial charge in [-0.2, -0.15) is 0 Å². The Bertz CT molecular complexity index is 371. The van der Waals surface area contributed by atoms with E-state index in [1.54, 1.807) is 0 Å². The van der Waals surface area contributed by atoms with Gasteiger partial charge < -0.3 is 5.11 Å². The van der Waals surface area contributed by atoms with Crippen LogP contribution in [0.2, 0.25) is 0 Å². The molecular weight excluding hydrogens is 244 g/mol. The first-order valence-electron chi connectivity index (χ1n) is 4.52. The van der Waals surface area contributed by atoms with Gasteiger partial charge in [0.25, 0.3) is 0 Å². The van der Waals surface area contributed by atoms with Crippen molar-refractivity contribution in [1.82, 2.24) is 0 Å². The summed E-state index contributed by atoms with van der Waals surface area (Å²) in [6, 6.07) is 7.73. The van der Waals surface area contributed by atoms with Gasteiger partial charge in [-0.15, -0.1) is 0 Å². The predicted molar refractivity (Wildman–Crippen MR) is 57.8 cm³/mol. The van der Waals surface area contributed by atoms with E-state index in [0.717, 1.165) is 11.1 Å². The van der Waals surface area contributed by atoms with Gasteiger partial charge >= 0.3 is 5.97 Å². The van der Waals surface area contributed by atoms with Crippen LogP contribution in [0, 0.1) is 6.92 Å². The smallest absolute Gasteiger partial charge is 0.315 e. The molecule has 3 heteroatoms. The van der Waals surface area contributed by atoms with Crippen LogP contribution in [0.4, 0.5) is 0 Å². The Morgan fingerprint density at radius 2 is 2.00 bits per heavy atom. The third-order valence-electron chi connectivity index (χ3n) is 2.82. The summed E-state index contributed by atoms with van der Waals surface area (Å²) in [6.45, 7) is 2.00. The summed E-state index contributed by atoms with van der Waals surface area (Å²) >= 11 is 3.38. The minimum Gasteiger partial charge on any atom is -0.481 e. The molecule has 0 bridgehead atoms. The number of aryl methyl sites for hydroxylation is 1. The van der Waals surface area contributed by atoms with Gasteiger partial charge in [-0.1, -0.05) is 45.8 Å². The highest BCUT2D eigenvalue weighted by molar-refractivity contribution is 9.09. The normalized spacial score (nSPS) is 30.0. The molecule has 1 saturated carbocycles. The van der Waals surface area contributed by atoms with Crippen LogP contribution in [0.1, 0.15) is 17.5 Å². The Morgan fingerprint density at radius 1 is 1.50 bits per heavy atom. The fourth-order valence-corrected chi connectivity index (χ4v) is 2.69. The molecule has 0 heterocycles. The van der Waals surface area contributed by atoms with Crippen LogP contribution in [0.3, 0.4) is 0 Å². The summed E-state index contributed by atoms with van der Waals surface area (Å²) < 4.78 is 0. The van der Waals surface area contributed by atoms with Crippen LogP contribution in [0.15, 0.2) is 24.3 Å². The van der Waals surface area contributed by atoms with Crippen molar-refractivity contribution in [3.8, 4) is 0 Å². The van der Waals surface area contributed by atoms with Gasteiger partial charge in [-0.25, -0.2) is 0 Å². The van der Waals surface area contributed by atoms with E-state index in [2.05, 4.69) is 15.9 Å². The Labute approximate surface area is 91.1 Å². The molecule has 0 spiro atoms. The molecule has 0 saturated heterocycles. The molecule has 0 aliphatic heterocycles. The Morgan fingerprint density at radius 3 is 2.36 bits per heavy atom. The van der Waals surface area contributed by atoms with Crippen LogP contribution in [-0.2, 0) is 10.2 Å². The number of hydrogen-bond acceptors (Lipinski definition) is 1. The highest BCUT2D eigenvalue weighted by Gasteiger charge is 2.60. The molecule has 2 atom stereocenters. The van der Waals surface area contributed by atoms with Crippen LogP contribution in [-0.4, -0.2) is 15.9 Å². The number of hydrogen-bond donors (Lipinski definition) is 1. The molecule has 2 nitrogen and oxygen atoms in total. The number of benzene rings is 1. The number of halogens is 1. The summed E-state index contributed by atoms with van der Waals surface area (Å²) in [4.78, 5) is 11.2. The third-order valence-corrected chi connectivity index (χ3v) is 3.93. The van der Waals surface area contributed by atoms with Crippen molar-refractivity contribution in [3.63, 3.8) is 0 Å². The number of rotatable bonds is 2. The van der Waals surface area contributed by atoms with Crippen molar-refractivity contribution in [3.05, 3.63) is 35.4 Å². The molecule has 1 aromatic rings. The lowest BCUT2D eigenvalue weighted by Crippen LogP contribution is -2.22. The maximum atomic E-state index is 11.1. The second kappa shape index (κ2) is 3.09. The van der Waals surface area contributed by atoms with Gasteiger partial charge in [0.05, 0.1) is 0 Å². The number of carboxylic acids is 1. The van der Waals surface area contributed by atoms with Gasteiger partial charge in [0.1, 0.15) is 5.41 Å². The number of aliphatic carboxylic acids is 1. The fourth-order valence-electron chi connectivity index (χ4n) is 1.72. The zero-order valence-electron chi connectivity index (χ0n) is 7.83. The fraction of sp³-hybridized carbons (Fsp3) is 0.364. The van der Waals surface area contributed by atoms with E-state index in [1.165, 1.54) is 0 Å². The standard InChI is InChI=1S/C11H11BrO2/c1-7-2-4-8(5-3-7)11(10(13)14)6-9(11)12/h2-5,9H,6H2,1H3,(H,13,14). The van der Waals surface area contributed by atoms with Crippen molar-refractivity contribution in [1.29, 1.82) is 0 Å². The first-order valence-corrected chi connectivity index (χ1v) is 5.43. The molecule has 2 unspecified atom stereocenters. The molecule has 1 fully saturated rings. The Balaban J connectivity index is 2.39. The highest BCUT2D eigenvalue weighted by atomic mass is 79.9. The van der Waals surface area contributed by atoms with Gasteiger partial charge in [-0.05, 0) is 18.9 Å². The SMILES string of the molecule is Cc1ccc(C2(C(=O)O)CC2Br)cc1. The molecule has 1 aliphatic carbocycles. The molecule has 1 N–H and O–H groups in total. The number of alkyl halides is 1. The molecule has 0 radical (unpaired) electrons. The maximum Gasteiger partial charge on any atom is 0.315 e. The average Bonchev–Trinajstić information content (AvgIpc) is 2.80. The molecule has 0 aromatic heterocycles. The van der Waals surface area contributed by atoms with Crippen LogP contribution in [0.5, 0.6) is 0 Å². The van der Waals surface area contributed by atoms with Crippen molar-refractivity contribution >= 4 is 21.9 Å². The predicted octanol–water partition coefficient (Wildman–Crippen LogP) is 2.48. The van der Waals surface area contributed by atoms with E-state index < -0.39 is 11.4 Å².